The summed E-state index contributed by atoms with van der Waals surface area (Å²) < 4.78 is 16.9. The summed E-state index contributed by atoms with van der Waals surface area (Å²) in [6, 6.07) is 42.3. The fraction of sp³-hybridized carbons (Fsp3) is 0.0588. The molecule has 0 aliphatic rings. The van der Waals surface area contributed by atoms with Gasteiger partial charge in [0, 0.05) is 27.7 Å². The maximum atomic E-state index is 14.7. The number of benzene rings is 5. The van der Waals surface area contributed by atoms with Gasteiger partial charge in [0.05, 0.1) is 16.6 Å². The Labute approximate surface area is 227 Å². The van der Waals surface area contributed by atoms with E-state index in [0.717, 1.165) is 66.9 Å². The largest absolute Gasteiger partial charge is 0.309 e. The molecule has 2 aromatic heterocycles. The molecule has 0 N–H and O–H groups in total. The Morgan fingerprint density at radius 3 is 1.87 bits per heavy atom. The van der Waals surface area contributed by atoms with Gasteiger partial charge < -0.3 is 4.57 Å². The van der Waals surface area contributed by atoms with Gasteiger partial charge >= 0.3 is 0 Å². The van der Waals surface area contributed by atoms with Crippen LogP contribution in [0.3, 0.4) is 0 Å². The van der Waals surface area contributed by atoms with Crippen LogP contribution < -0.4 is 15.9 Å². The summed E-state index contributed by atoms with van der Waals surface area (Å²) in [6.45, 7) is 2.13. The van der Waals surface area contributed by atoms with E-state index in [-0.39, 0.29) is 0 Å². The van der Waals surface area contributed by atoms with Crippen LogP contribution >= 0.6 is 7.14 Å². The van der Waals surface area contributed by atoms with Crippen molar-refractivity contribution in [2.45, 2.75) is 13.3 Å². The van der Waals surface area contributed by atoms with E-state index in [9.17, 15) is 4.57 Å². The molecular formula is C34H26N3OP. The van der Waals surface area contributed by atoms with Crippen molar-refractivity contribution in [1.82, 2.24) is 14.4 Å². The van der Waals surface area contributed by atoms with Crippen LogP contribution in [0.2, 0.25) is 0 Å². The number of hydrogen-bond donors (Lipinski definition) is 0. The maximum Gasteiger partial charge on any atom is 0.171 e. The monoisotopic (exact) mass is 523 g/mol. The summed E-state index contributed by atoms with van der Waals surface area (Å²) in [5.41, 5.74) is 6.03. The van der Waals surface area contributed by atoms with Crippen LogP contribution in [-0.2, 0) is 11.0 Å². The van der Waals surface area contributed by atoms with E-state index in [2.05, 4.69) is 47.7 Å². The minimum absolute atomic E-state index is 0.818. The highest BCUT2D eigenvalue weighted by Gasteiger charge is 2.29. The molecule has 0 saturated heterocycles. The van der Waals surface area contributed by atoms with Crippen LogP contribution in [0, 0.1) is 0 Å². The molecule has 5 heteroatoms. The molecule has 0 fully saturated rings. The summed E-state index contributed by atoms with van der Waals surface area (Å²) in [4.78, 5) is 9.97. The standard InChI is InChI=1S/C34H26N3OP/c1-2-33-35-30-22-19-25(23-29(30)34-36-31-15-9-10-16-32(31)37(33)34)24-17-20-28(21-18-24)39(38,26-11-5-3-6-12-26)27-13-7-4-8-14-27/h3-23H,2H2,1H3. The van der Waals surface area contributed by atoms with Gasteiger partial charge in [-0.3, -0.25) is 4.40 Å². The maximum absolute atomic E-state index is 14.7. The molecule has 0 atom stereocenters. The third-order valence-electron chi connectivity index (χ3n) is 7.43. The Balaban J connectivity index is 1.37. The zero-order valence-corrected chi connectivity index (χ0v) is 22.4. The van der Waals surface area contributed by atoms with Gasteiger partial charge in [-0.2, -0.15) is 0 Å². The number of para-hydroxylation sites is 2. The van der Waals surface area contributed by atoms with E-state index >= 15 is 0 Å². The second-order valence-corrected chi connectivity index (χ2v) is 12.5. The van der Waals surface area contributed by atoms with Crippen LogP contribution in [0.25, 0.3) is 38.7 Å². The van der Waals surface area contributed by atoms with Crippen LogP contribution in [0.5, 0.6) is 0 Å². The summed E-state index contributed by atoms with van der Waals surface area (Å²) in [5.74, 6) is 1.00. The summed E-state index contributed by atoms with van der Waals surface area (Å²) in [6.07, 6.45) is 0.818. The lowest BCUT2D eigenvalue weighted by Gasteiger charge is -2.20. The first-order valence-corrected chi connectivity index (χ1v) is 14.9. The predicted molar refractivity (Wildman–Crippen MR) is 162 cm³/mol. The van der Waals surface area contributed by atoms with E-state index < -0.39 is 7.14 Å². The quantitative estimate of drug-likeness (QED) is 0.231. The third-order valence-corrected chi connectivity index (χ3v) is 10.5. The first-order valence-electron chi connectivity index (χ1n) is 13.2. The minimum Gasteiger partial charge on any atom is -0.309 e. The molecule has 4 nitrogen and oxygen atoms in total. The van der Waals surface area contributed by atoms with Gasteiger partial charge in [0.15, 0.2) is 7.14 Å². The predicted octanol–water partition coefficient (Wildman–Crippen LogP) is 6.90. The Hall–Kier alpha value is -4.53. The molecule has 7 rings (SSSR count). The Bertz CT molecular complexity index is 1970. The summed E-state index contributed by atoms with van der Waals surface area (Å²) in [5, 5.41) is 3.51. The minimum atomic E-state index is -3.01. The van der Waals surface area contributed by atoms with Crippen LogP contribution in [0.1, 0.15) is 12.7 Å². The molecule has 5 aromatic carbocycles. The SMILES string of the molecule is CCc1nc2ccc(-c3ccc(P(=O)(c4ccccc4)c4ccccc4)cc3)cc2c2nc3ccccc3n12. The van der Waals surface area contributed by atoms with Crippen LogP contribution in [0.15, 0.2) is 127 Å². The van der Waals surface area contributed by atoms with Gasteiger partial charge in [-0.15, -0.1) is 0 Å². The van der Waals surface area contributed by atoms with Gasteiger partial charge in [0.25, 0.3) is 0 Å². The number of imidazole rings is 1. The zero-order valence-electron chi connectivity index (χ0n) is 21.5. The van der Waals surface area contributed by atoms with Gasteiger partial charge in [-0.05, 0) is 35.4 Å². The molecule has 2 heterocycles. The lowest BCUT2D eigenvalue weighted by Crippen LogP contribution is -2.24. The van der Waals surface area contributed by atoms with Crippen molar-refractivity contribution in [3.05, 3.63) is 133 Å². The van der Waals surface area contributed by atoms with Crippen molar-refractivity contribution >= 4 is 50.6 Å². The average Bonchev–Trinajstić information content (AvgIpc) is 3.41. The normalized spacial score (nSPS) is 11.9. The highest BCUT2D eigenvalue weighted by Crippen LogP contribution is 2.42. The topological polar surface area (TPSA) is 47.3 Å². The molecule has 0 aliphatic carbocycles. The number of nitrogens with zero attached hydrogens (tertiary/aromatic N) is 3. The second kappa shape index (κ2) is 9.34. The molecule has 188 valence electrons. The first-order chi connectivity index (χ1) is 19.2. The van der Waals surface area contributed by atoms with Crippen molar-refractivity contribution in [3.8, 4) is 11.1 Å². The molecule has 0 unspecified atom stereocenters. The van der Waals surface area contributed by atoms with E-state index in [1.165, 1.54) is 0 Å². The number of hydrogen-bond acceptors (Lipinski definition) is 3. The van der Waals surface area contributed by atoms with Crippen molar-refractivity contribution in [2.75, 3.05) is 0 Å². The molecule has 39 heavy (non-hydrogen) atoms. The molecule has 0 aliphatic heterocycles. The lowest BCUT2D eigenvalue weighted by molar-refractivity contribution is 0.592. The Morgan fingerprint density at radius 2 is 1.21 bits per heavy atom. The van der Waals surface area contributed by atoms with Gasteiger partial charge in [0.2, 0.25) is 0 Å². The summed E-state index contributed by atoms with van der Waals surface area (Å²) in [7, 11) is -3.01. The molecule has 0 saturated carbocycles. The smallest absolute Gasteiger partial charge is 0.171 e. The lowest BCUT2D eigenvalue weighted by atomic mass is 10.0. The first kappa shape index (κ1) is 23.6. The fourth-order valence-electron chi connectivity index (χ4n) is 5.47. The average molecular weight is 524 g/mol. The van der Waals surface area contributed by atoms with E-state index in [0.29, 0.717) is 0 Å². The zero-order chi connectivity index (χ0) is 26.4. The molecule has 7 aromatic rings. The molecule has 0 amide bonds. The van der Waals surface area contributed by atoms with Crippen molar-refractivity contribution in [3.63, 3.8) is 0 Å². The van der Waals surface area contributed by atoms with E-state index in [4.69, 9.17) is 9.97 Å². The van der Waals surface area contributed by atoms with E-state index in [1.807, 2.05) is 91.0 Å². The van der Waals surface area contributed by atoms with Gasteiger partial charge in [0.1, 0.15) is 11.5 Å². The Morgan fingerprint density at radius 1 is 0.615 bits per heavy atom. The van der Waals surface area contributed by atoms with Crippen molar-refractivity contribution in [1.29, 1.82) is 0 Å². The summed E-state index contributed by atoms with van der Waals surface area (Å²) >= 11 is 0. The van der Waals surface area contributed by atoms with E-state index in [1.54, 1.807) is 0 Å². The van der Waals surface area contributed by atoms with Gasteiger partial charge in [-0.25, -0.2) is 9.97 Å². The van der Waals surface area contributed by atoms with Crippen molar-refractivity contribution in [2.24, 2.45) is 0 Å². The number of aromatic nitrogens is 3. The molecular weight excluding hydrogens is 497 g/mol. The second-order valence-electron chi connectivity index (χ2n) is 9.70. The molecule has 0 radical (unpaired) electrons. The van der Waals surface area contributed by atoms with Crippen molar-refractivity contribution < 1.29 is 4.57 Å². The highest BCUT2D eigenvalue weighted by molar-refractivity contribution is 7.85. The number of fused-ring (bicyclic) bond motifs is 5. The van der Waals surface area contributed by atoms with Crippen LogP contribution in [-0.4, -0.2) is 14.4 Å². The van der Waals surface area contributed by atoms with Crippen LogP contribution in [0.4, 0.5) is 0 Å². The highest BCUT2D eigenvalue weighted by atomic mass is 31.2. The van der Waals surface area contributed by atoms with Gasteiger partial charge in [-0.1, -0.05) is 110 Å². The molecule has 0 bridgehead atoms. The fourth-order valence-corrected chi connectivity index (χ4v) is 8.12. The number of rotatable bonds is 5. The molecule has 0 spiro atoms. The Kier molecular flexibility index (Phi) is 5.65. The third kappa shape index (κ3) is 3.79. The number of aryl methyl sites for hydroxylation is 1.